The molecule has 0 saturated carbocycles. The first-order valence-corrected chi connectivity index (χ1v) is 6.33. The normalized spacial score (nSPS) is 11.8. The Hall–Kier alpha value is -1.61. The topological polar surface area (TPSA) is 36.4 Å². The number of rotatable bonds is 4. The van der Waals surface area contributed by atoms with E-state index in [0.29, 0.717) is 6.54 Å². The molecule has 1 aromatic carbocycles. The van der Waals surface area contributed by atoms with E-state index < -0.39 is 5.60 Å². The van der Waals surface area contributed by atoms with Gasteiger partial charge in [0.2, 0.25) is 0 Å². The van der Waals surface area contributed by atoms with Gasteiger partial charge in [-0.2, -0.15) is 0 Å². The van der Waals surface area contributed by atoms with E-state index in [1.165, 1.54) is 0 Å². The van der Waals surface area contributed by atoms with E-state index in [0.717, 1.165) is 23.3 Å². The number of para-hydroxylation sites is 1. The standard InChI is InChI=1S/C15H20N2O/c1-4-17(11-15(2,3)18)14-10-9-12-7-5-6-8-13(12)16-14/h5-10,18H,4,11H2,1-3H3. The van der Waals surface area contributed by atoms with Crippen LogP contribution in [0.1, 0.15) is 20.8 Å². The van der Waals surface area contributed by atoms with Crippen molar-refractivity contribution in [3.63, 3.8) is 0 Å². The van der Waals surface area contributed by atoms with Crippen molar-refractivity contribution in [2.75, 3.05) is 18.0 Å². The Morgan fingerprint density at radius 3 is 2.56 bits per heavy atom. The van der Waals surface area contributed by atoms with E-state index in [1.54, 1.807) is 0 Å². The molecule has 0 spiro atoms. The van der Waals surface area contributed by atoms with Crippen molar-refractivity contribution in [3.05, 3.63) is 36.4 Å². The van der Waals surface area contributed by atoms with E-state index in [9.17, 15) is 5.11 Å². The van der Waals surface area contributed by atoms with Crippen molar-refractivity contribution < 1.29 is 5.11 Å². The second-order valence-corrected chi connectivity index (χ2v) is 5.19. The lowest BCUT2D eigenvalue weighted by Gasteiger charge is -2.29. The highest BCUT2D eigenvalue weighted by atomic mass is 16.3. The molecule has 2 aromatic rings. The zero-order valence-electron chi connectivity index (χ0n) is 11.2. The van der Waals surface area contributed by atoms with E-state index >= 15 is 0 Å². The maximum Gasteiger partial charge on any atom is 0.129 e. The first kappa shape index (κ1) is 12.8. The summed E-state index contributed by atoms with van der Waals surface area (Å²) in [5.41, 5.74) is 0.271. The van der Waals surface area contributed by atoms with Crippen LogP contribution in [-0.4, -0.2) is 28.8 Å². The number of hydrogen-bond acceptors (Lipinski definition) is 3. The van der Waals surface area contributed by atoms with Gasteiger partial charge in [0.25, 0.3) is 0 Å². The molecule has 0 atom stereocenters. The number of aliphatic hydroxyl groups is 1. The van der Waals surface area contributed by atoms with Gasteiger partial charge in [-0.15, -0.1) is 0 Å². The minimum Gasteiger partial charge on any atom is -0.389 e. The molecule has 0 bridgehead atoms. The van der Waals surface area contributed by atoms with Crippen molar-refractivity contribution in [2.24, 2.45) is 0 Å². The lowest BCUT2D eigenvalue weighted by atomic mass is 10.1. The van der Waals surface area contributed by atoms with Crippen LogP contribution in [0.2, 0.25) is 0 Å². The summed E-state index contributed by atoms with van der Waals surface area (Å²) in [7, 11) is 0. The molecule has 0 amide bonds. The Bertz CT molecular complexity index is 531. The SMILES string of the molecule is CCN(CC(C)(C)O)c1ccc2ccccc2n1. The van der Waals surface area contributed by atoms with Crippen LogP contribution in [0.3, 0.4) is 0 Å². The third-order valence-corrected chi connectivity index (χ3v) is 2.87. The van der Waals surface area contributed by atoms with Crippen molar-refractivity contribution >= 4 is 16.7 Å². The number of aromatic nitrogens is 1. The van der Waals surface area contributed by atoms with Gasteiger partial charge in [0, 0.05) is 18.5 Å². The first-order chi connectivity index (χ1) is 8.49. The van der Waals surface area contributed by atoms with Gasteiger partial charge in [0.05, 0.1) is 11.1 Å². The number of nitrogens with zero attached hydrogens (tertiary/aromatic N) is 2. The van der Waals surface area contributed by atoms with Gasteiger partial charge >= 0.3 is 0 Å². The Morgan fingerprint density at radius 2 is 1.89 bits per heavy atom. The molecule has 0 fully saturated rings. The zero-order chi connectivity index (χ0) is 13.2. The number of pyridine rings is 1. The molecular weight excluding hydrogens is 224 g/mol. The average molecular weight is 244 g/mol. The van der Waals surface area contributed by atoms with Crippen molar-refractivity contribution in [1.29, 1.82) is 0 Å². The molecule has 96 valence electrons. The van der Waals surface area contributed by atoms with Crippen molar-refractivity contribution in [3.8, 4) is 0 Å². The number of benzene rings is 1. The predicted octanol–water partition coefficient (Wildman–Crippen LogP) is 2.83. The molecule has 0 aliphatic rings. The average Bonchev–Trinajstić information content (AvgIpc) is 2.34. The van der Waals surface area contributed by atoms with Crippen molar-refractivity contribution in [1.82, 2.24) is 4.98 Å². The van der Waals surface area contributed by atoms with Gasteiger partial charge < -0.3 is 10.0 Å². The third-order valence-electron chi connectivity index (χ3n) is 2.87. The Labute approximate surface area is 108 Å². The second kappa shape index (κ2) is 4.94. The summed E-state index contributed by atoms with van der Waals surface area (Å²) in [6, 6.07) is 12.2. The van der Waals surface area contributed by atoms with Crippen LogP contribution in [0.5, 0.6) is 0 Å². The van der Waals surface area contributed by atoms with Gasteiger partial charge in [0.15, 0.2) is 0 Å². The van der Waals surface area contributed by atoms with Crippen LogP contribution in [0, 0.1) is 0 Å². The summed E-state index contributed by atoms with van der Waals surface area (Å²) in [4.78, 5) is 6.74. The highest BCUT2D eigenvalue weighted by Crippen LogP contribution is 2.19. The molecule has 1 aromatic heterocycles. The Kier molecular flexibility index (Phi) is 3.53. The second-order valence-electron chi connectivity index (χ2n) is 5.19. The minimum atomic E-state index is -0.719. The monoisotopic (exact) mass is 244 g/mol. The highest BCUT2D eigenvalue weighted by molar-refractivity contribution is 5.80. The Balaban J connectivity index is 2.33. The van der Waals surface area contributed by atoms with Crippen LogP contribution in [-0.2, 0) is 0 Å². The highest BCUT2D eigenvalue weighted by Gasteiger charge is 2.18. The van der Waals surface area contributed by atoms with Crippen LogP contribution < -0.4 is 4.90 Å². The van der Waals surface area contributed by atoms with Crippen molar-refractivity contribution in [2.45, 2.75) is 26.4 Å². The van der Waals surface area contributed by atoms with Crippen LogP contribution in [0.15, 0.2) is 36.4 Å². The molecule has 0 radical (unpaired) electrons. The predicted molar refractivity (Wildman–Crippen MR) is 75.9 cm³/mol. The van der Waals surface area contributed by atoms with E-state index in [4.69, 9.17) is 0 Å². The fourth-order valence-electron chi connectivity index (χ4n) is 2.05. The number of hydrogen-bond donors (Lipinski definition) is 1. The maximum absolute atomic E-state index is 9.92. The molecule has 3 nitrogen and oxygen atoms in total. The fourth-order valence-corrected chi connectivity index (χ4v) is 2.05. The van der Waals surface area contributed by atoms with Gasteiger partial charge in [-0.05, 0) is 39.0 Å². The van der Waals surface area contributed by atoms with Crippen LogP contribution >= 0.6 is 0 Å². The molecule has 18 heavy (non-hydrogen) atoms. The van der Waals surface area contributed by atoms with Gasteiger partial charge in [-0.25, -0.2) is 4.98 Å². The molecule has 2 rings (SSSR count). The lowest BCUT2D eigenvalue weighted by Crippen LogP contribution is -2.39. The Morgan fingerprint density at radius 1 is 1.17 bits per heavy atom. The van der Waals surface area contributed by atoms with Crippen LogP contribution in [0.25, 0.3) is 10.9 Å². The molecule has 1 heterocycles. The van der Waals surface area contributed by atoms with Gasteiger partial charge in [-0.1, -0.05) is 18.2 Å². The van der Waals surface area contributed by atoms with E-state index in [-0.39, 0.29) is 0 Å². The summed E-state index contributed by atoms with van der Waals surface area (Å²) in [6.45, 7) is 7.11. The maximum atomic E-state index is 9.92. The molecule has 0 saturated heterocycles. The smallest absolute Gasteiger partial charge is 0.129 e. The quantitative estimate of drug-likeness (QED) is 0.898. The summed E-state index contributed by atoms with van der Waals surface area (Å²) >= 11 is 0. The first-order valence-electron chi connectivity index (χ1n) is 6.33. The zero-order valence-corrected chi connectivity index (χ0v) is 11.2. The largest absolute Gasteiger partial charge is 0.389 e. The molecular formula is C15H20N2O. The van der Waals surface area contributed by atoms with Gasteiger partial charge in [-0.3, -0.25) is 0 Å². The number of fused-ring (bicyclic) bond motifs is 1. The number of likely N-dealkylation sites (N-methyl/N-ethyl adjacent to an activating group) is 1. The molecule has 0 unspecified atom stereocenters. The molecule has 0 aliphatic heterocycles. The molecule has 1 N–H and O–H groups in total. The fraction of sp³-hybridized carbons (Fsp3) is 0.400. The molecule has 3 heteroatoms. The van der Waals surface area contributed by atoms with E-state index in [2.05, 4.69) is 28.9 Å². The summed E-state index contributed by atoms with van der Waals surface area (Å²) < 4.78 is 0. The summed E-state index contributed by atoms with van der Waals surface area (Å²) in [5, 5.41) is 11.1. The summed E-state index contributed by atoms with van der Waals surface area (Å²) in [5.74, 6) is 0.915. The van der Waals surface area contributed by atoms with Crippen LogP contribution in [0.4, 0.5) is 5.82 Å². The third kappa shape index (κ3) is 2.99. The number of anilines is 1. The van der Waals surface area contributed by atoms with E-state index in [1.807, 2.05) is 38.1 Å². The van der Waals surface area contributed by atoms with Gasteiger partial charge in [0.1, 0.15) is 5.82 Å². The lowest BCUT2D eigenvalue weighted by molar-refractivity contribution is 0.0874. The molecule has 0 aliphatic carbocycles. The minimum absolute atomic E-state index is 0.578. The summed E-state index contributed by atoms with van der Waals surface area (Å²) in [6.07, 6.45) is 0.